The first-order chi connectivity index (χ1) is 15.9. The summed E-state index contributed by atoms with van der Waals surface area (Å²) in [6.07, 6.45) is 3.58. The van der Waals surface area contributed by atoms with Gasteiger partial charge in [0.05, 0.1) is 37.6 Å². The normalized spacial score (nSPS) is 30.0. The zero-order valence-electron chi connectivity index (χ0n) is 18.7. The zero-order chi connectivity index (χ0) is 24.2. The number of carbonyl (C=O) groups excluding carboxylic acids is 1. The van der Waals surface area contributed by atoms with Crippen LogP contribution in [0.1, 0.15) is 44.9 Å². The van der Waals surface area contributed by atoms with E-state index in [0.29, 0.717) is 64.6 Å². The third-order valence-corrected chi connectivity index (χ3v) is 6.86. The van der Waals surface area contributed by atoms with Crippen molar-refractivity contribution in [3.05, 3.63) is 0 Å². The van der Waals surface area contributed by atoms with Gasteiger partial charge < -0.3 is 20.4 Å². The highest BCUT2D eigenvalue weighted by Gasteiger charge is 2.39. The molecule has 2 rings (SSSR count). The Hall–Kier alpha value is -1.83. The van der Waals surface area contributed by atoms with Crippen molar-refractivity contribution in [1.29, 1.82) is 0 Å². The van der Waals surface area contributed by atoms with Gasteiger partial charge in [-0.1, -0.05) is 0 Å². The summed E-state index contributed by atoms with van der Waals surface area (Å²) in [4.78, 5) is 49.1. The van der Waals surface area contributed by atoms with Crippen molar-refractivity contribution < 1.29 is 49.7 Å². The van der Waals surface area contributed by atoms with Crippen molar-refractivity contribution in [2.24, 2.45) is 35.5 Å². The molecular formula is C21H36N2O10. The van der Waals surface area contributed by atoms with Crippen molar-refractivity contribution in [2.75, 3.05) is 32.9 Å². The van der Waals surface area contributed by atoms with Crippen LogP contribution < -0.4 is 10.8 Å². The van der Waals surface area contributed by atoms with E-state index in [0.717, 1.165) is 0 Å². The molecule has 2 saturated carbocycles. The fourth-order valence-corrected chi connectivity index (χ4v) is 4.91. The molecule has 2 aliphatic rings. The van der Waals surface area contributed by atoms with Gasteiger partial charge in [0.1, 0.15) is 0 Å². The lowest BCUT2D eigenvalue weighted by atomic mass is 9.74. The topological polar surface area (TPSA) is 184 Å². The summed E-state index contributed by atoms with van der Waals surface area (Å²) < 4.78 is 0. The SMILES string of the molecule is O=C(O)C1CCC(CONCCCNC(=O)C2CCC(COO)CC2C(=O)O)C(COO)C1. The van der Waals surface area contributed by atoms with Crippen molar-refractivity contribution in [1.82, 2.24) is 10.8 Å². The lowest BCUT2D eigenvalue weighted by molar-refractivity contribution is -0.257. The van der Waals surface area contributed by atoms with Gasteiger partial charge in [0, 0.05) is 13.1 Å². The highest BCUT2D eigenvalue weighted by molar-refractivity contribution is 5.84. The van der Waals surface area contributed by atoms with Gasteiger partial charge >= 0.3 is 11.9 Å². The summed E-state index contributed by atoms with van der Waals surface area (Å²) >= 11 is 0. The Morgan fingerprint density at radius 1 is 0.788 bits per heavy atom. The van der Waals surface area contributed by atoms with Gasteiger partial charge in [-0.2, -0.15) is 0 Å². The molecule has 33 heavy (non-hydrogen) atoms. The first-order valence-corrected chi connectivity index (χ1v) is 11.5. The Bertz CT molecular complexity index is 634. The predicted octanol–water partition coefficient (Wildman–Crippen LogP) is 1.23. The number of hydroxylamine groups is 1. The number of carboxylic acid groups (broad SMARTS) is 2. The van der Waals surface area contributed by atoms with Crippen molar-refractivity contribution in [3.8, 4) is 0 Å². The number of hydrogen-bond donors (Lipinski definition) is 6. The van der Waals surface area contributed by atoms with Crippen LogP contribution in [-0.2, 0) is 29.0 Å². The van der Waals surface area contributed by atoms with E-state index >= 15 is 0 Å². The molecule has 6 atom stereocenters. The van der Waals surface area contributed by atoms with E-state index in [1.54, 1.807) is 0 Å². The first-order valence-electron chi connectivity index (χ1n) is 11.5. The molecule has 0 spiro atoms. The van der Waals surface area contributed by atoms with Crippen LogP contribution in [0.4, 0.5) is 0 Å². The summed E-state index contributed by atoms with van der Waals surface area (Å²) in [7, 11) is 0. The summed E-state index contributed by atoms with van der Waals surface area (Å²) in [5, 5.41) is 38.8. The Balaban J connectivity index is 1.62. The van der Waals surface area contributed by atoms with Gasteiger partial charge in [-0.15, -0.1) is 0 Å². The molecule has 2 aliphatic carbocycles. The lowest BCUT2D eigenvalue weighted by Crippen LogP contribution is -2.42. The third-order valence-electron chi connectivity index (χ3n) is 6.86. The molecule has 0 aromatic rings. The molecular weight excluding hydrogens is 440 g/mol. The molecule has 0 radical (unpaired) electrons. The number of carboxylic acids is 2. The smallest absolute Gasteiger partial charge is 0.307 e. The minimum Gasteiger partial charge on any atom is -0.481 e. The molecule has 12 nitrogen and oxygen atoms in total. The van der Waals surface area contributed by atoms with Crippen molar-refractivity contribution in [3.63, 3.8) is 0 Å². The van der Waals surface area contributed by atoms with Crippen LogP contribution in [0.25, 0.3) is 0 Å². The van der Waals surface area contributed by atoms with Crippen LogP contribution in [0.15, 0.2) is 0 Å². The van der Waals surface area contributed by atoms with Gasteiger partial charge in [0.2, 0.25) is 5.91 Å². The minimum atomic E-state index is -1.02. The quantitative estimate of drug-likeness (QED) is 0.120. The molecule has 6 unspecified atom stereocenters. The maximum Gasteiger partial charge on any atom is 0.307 e. The second kappa shape index (κ2) is 14.4. The van der Waals surface area contributed by atoms with E-state index in [4.69, 9.17) is 15.4 Å². The van der Waals surface area contributed by atoms with Crippen molar-refractivity contribution >= 4 is 17.8 Å². The highest BCUT2D eigenvalue weighted by Crippen LogP contribution is 2.35. The second-order valence-corrected chi connectivity index (χ2v) is 9.04. The number of carbonyl (C=O) groups is 3. The van der Waals surface area contributed by atoms with E-state index in [1.807, 2.05) is 0 Å². The van der Waals surface area contributed by atoms with Crippen LogP contribution in [0.5, 0.6) is 0 Å². The second-order valence-electron chi connectivity index (χ2n) is 9.04. The molecule has 0 saturated heterocycles. The molecule has 0 aromatic carbocycles. The third kappa shape index (κ3) is 8.80. The maximum atomic E-state index is 12.5. The Morgan fingerprint density at radius 3 is 2.21 bits per heavy atom. The highest BCUT2D eigenvalue weighted by atomic mass is 17.1. The molecule has 1 amide bonds. The number of nitrogens with one attached hydrogen (secondary N) is 2. The van der Waals surface area contributed by atoms with E-state index < -0.39 is 29.7 Å². The summed E-state index contributed by atoms with van der Waals surface area (Å²) in [6.45, 7) is 1.32. The van der Waals surface area contributed by atoms with Crippen LogP contribution in [0.3, 0.4) is 0 Å². The number of aliphatic carboxylic acids is 2. The molecule has 6 N–H and O–H groups in total. The Morgan fingerprint density at radius 2 is 1.55 bits per heavy atom. The van der Waals surface area contributed by atoms with Gasteiger partial charge in [0.15, 0.2) is 0 Å². The summed E-state index contributed by atoms with van der Waals surface area (Å²) in [5.74, 6) is -4.09. The Kier molecular flexibility index (Phi) is 12.0. The van der Waals surface area contributed by atoms with Gasteiger partial charge in [-0.25, -0.2) is 15.3 Å². The van der Waals surface area contributed by atoms with E-state index in [2.05, 4.69) is 20.6 Å². The molecule has 0 aromatic heterocycles. The average Bonchev–Trinajstić information content (AvgIpc) is 2.79. The maximum absolute atomic E-state index is 12.5. The number of hydrogen-bond acceptors (Lipinski definition) is 9. The van der Waals surface area contributed by atoms with Gasteiger partial charge in [-0.05, 0) is 62.7 Å². The molecule has 190 valence electrons. The van der Waals surface area contributed by atoms with E-state index in [9.17, 15) is 24.6 Å². The Labute approximate surface area is 192 Å². The largest absolute Gasteiger partial charge is 0.481 e. The zero-order valence-corrected chi connectivity index (χ0v) is 18.7. The first kappa shape index (κ1) is 27.4. The molecule has 0 heterocycles. The van der Waals surface area contributed by atoms with E-state index in [-0.39, 0.29) is 36.9 Å². The monoisotopic (exact) mass is 476 g/mol. The van der Waals surface area contributed by atoms with E-state index in [1.165, 1.54) is 0 Å². The van der Waals surface area contributed by atoms with Gasteiger partial charge in [-0.3, -0.25) is 24.9 Å². The van der Waals surface area contributed by atoms with Gasteiger partial charge in [0.25, 0.3) is 0 Å². The fraction of sp³-hybridized carbons (Fsp3) is 0.857. The summed E-state index contributed by atoms with van der Waals surface area (Å²) in [5.41, 5.74) is 2.83. The van der Waals surface area contributed by atoms with Crippen LogP contribution in [0.2, 0.25) is 0 Å². The number of amides is 1. The van der Waals surface area contributed by atoms with Crippen molar-refractivity contribution in [2.45, 2.75) is 44.9 Å². The van der Waals surface area contributed by atoms with Crippen LogP contribution >= 0.6 is 0 Å². The van der Waals surface area contributed by atoms with Crippen LogP contribution in [0, 0.1) is 35.5 Å². The van der Waals surface area contributed by atoms with Crippen LogP contribution in [-0.4, -0.2) is 71.5 Å². The minimum absolute atomic E-state index is 0.0656. The lowest BCUT2D eigenvalue weighted by Gasteiger charge is -2.33. The number of rotatable bonds is 14. The molecule has 2 fully saturated rings. The predicted molar refractivity (Wildman–Crippen MR) is 113 cm³/mol. The molecule has 0 bridgehead atoms. The summed E-state index contributed by atoms with van der Waals surface area (Å²) in [6, 6.07) is 0. The standard InChI is InChI=1S/C21H36N2O10/c24-19(17-5-2-13(10-32-29)8-18(17)21(27)28)22-6-1-7-23-31-11-15-4-3-14(20(25)26)9-16(15)12-33-30/h13-18,23,29-30H,1-12H2,(H,22,24)(H,25,26)(H,27,28). The molecule has 0 aliphatic heterocycles. The average molecular weight is 477 g/mol. The molecule has 12 heteroatoms. The fourth-order valence-electron chi connectivity index (χ4n) is 4.91.